The zero-order chi connectivity index (χ0) is 15.1. The Balaban J connectivity index is 2.19. The SMILES string of the molecule is CCn1nc(C)c(CN2CC(S(N)(=O)=O)CC2=O)c1C. The van der Waals surface area contributed by atoms with Gasteiger partial charge in [0.2, 0.25) is 15.9 Å². The second-order valence-corrected chi connectivity index (χ2v) is 7.00. The van der Waals surface area contributed by atoms with E-state index in [-0.39, 0.29) is 18.9 Å². The Bertz CT molecular complexity index is 635. The molecule has 2 rings (SSSR count). The van der Waals surface area contributed by atoms with Crippen LogP contribution >= 0.6 is 0 Å². The Kier molecular flexibility index (Phi) is 3.88. The van der Waals surface area contributed by atoms with Crippen molar-refractivity contribution in [1.82, 2.24) is 14.7 Å². The summed E-state index contributed by atoms with van der Waals surface area (Å²) in [5.74, 6) is -0.174. The summed E-state index contributed by atoms with van der Waals surface area (Å²) in [6.07, 6.45) is -0.0289. The first-order valence-electron chi connectivity index (χ1n) is 6.56. The van der Waals surface area contributed by atoms with Gasteiger partial charge < -0.3 is 4.90 Å². The standard InChI is InChI=1S/C12H20N4O3S/c1-4-16-9(3)11(8(2)14-16)7-15-6-10(5-12(15)17)20(13,18)19/h10H,4-7H2,1-3H3,(H2,13,18,19). The highest BCUT2D eigenvalue weighted by Gasteiger charge is 2.36. The van der Waals surface area contributed by atoms with Gasteiger partial charge >= 0.3 is 0 Å². The summed E-state index contributed by atoms with van der Waals surface area (Å²) in [5, 5.41) is 8.73. The maximum absolute atomic E-state index is 11.9. The van der Waals surface area contributed by atoms with E-state index in [9.17, 15) is 13.2 Å². The van der Waals surface area contributed by atoms with E-state index in [2.05, 4.69) is 5.10 Å². The average molecular weight is 300 g/mol. The lowest BCUT2D eigenvalue weighted by molar-refractivity contribution is -0.128. The molecule has 1 aliphatic heterocycles. The fraction of sp³-hybridized carbons (Fsp3) is 0.667. The number of nitrogens with zero attached hydrogens (tertiary/aromatic N) is 3. The van der Waals surface area contributed by atoms with Crippen LogP contribution in [0.3, 0.4) is 0 Å². The number of primary sulfonamides is 1. The quantitative estimate of drug-likeness (QED) is 0.840. The molecule has 7 nitrogen and oxygen atoms in total. The molecule has 0 aliphatic carbocycles. The summed E-state index contributed by atoms with van der Waals surface area (Å²) < 4.78 is 24.6. The van der Waals surface area contributed by atoms with Crippen molar-refractivity contribution in [2.75, 3.05) is 6.54 Å². The molecular weight excluding hydrogens is 280 g/mol. The number of carbonyl (C=O) groups excluding carboxylic acids is 1. The maximum atomic E-state index is 11.9. The van der Waals surface area contributed by atoms with Crippen molar-refractivity contribution in [2.45, 2.75) is 45.5 Å². The van der Waals surface area contributed by atoms with Crippen LogP contribution < -0.4 is 5.14 Å². The van der Waals surface area contributed by atoms with Gasteiger partial charge in [0.05, 0.1) is 5.69 Å². The number of sulfonamides is 1. The molecule has 1 saturated heterocycles. The number of hydrogen-bond donors (Lipinski definition) is 1. The summed E-state index contributed by atoms with van der Waals surface area (Å²) in [5.41, 5.74) is 2.86. The molecule has 1 unspecified atom stereocenters. The van der Waals surface area contributed by atoms with E-state index in [0.717, 1.165) is 23.5 Å². The van der Waals surface area contributed by atoms with E-state index >= 15 is 0 Å². The van der Waals surface area contributed by atoms with Crippen molar-refractivity contribution >= 4 is 15.9 Å². The lowest BCUT2D eigenvalue weighted by Gasteiger charge is -2.16. The van der Waals surface area contributed by atoms with Crippen molar-refractivity contribution in [3.05, 3.63) is 17.0 Å². The van der Waals surface area contributed by atoms with Crippen LogP contribution in [-0.2, 0) is 27.9 Å². The fourth-order valence-corrected chi connectivity index (χ4v) is 3.33. The molecule has 0 saturated carbocycles. The molecule has 1 fully saturated rings. The molecule has 0 aromatic carbocycles. The molecule has 1 amide bonds. The molecule has 8 heteroatoms. The van der Waals surface area contributed by atoms with Crippen LogP contribution in [0.5, 0.6) is 0 Å². The van der Waals surface area contributed by atoms with Gasteiger partial charge in [-0.2, -0.15) is 5.10 Å². The Hall–Kier alpha value is -1.41. The number of nitrogens with two attached hydrogens (primary N) is 1. The Morgan fingerprint density at radius 3 is 2.50 bits per heavy atom. The van der Waals surface area contributed by atoms with E-state index in [1.165, 1.54) is 0 Å². The normalized spacial score (nSPS) is 19.9. The van der Waals surface area contributed by atoms with Gasteiger partial charge in [-0.25, -0.2) is 13.6 Å². The highest BCUT2D eigenvalue weighted by molar-refractivity contribution is 7.89. The number of rotatable bonds is 4. The third-order valence-corrected chi connectivity index (χ3v) is 5.07. The van der Waals surface area contributed by atoms with Gasteiger partial charge in [0, 0.05) is 37.3 Å². The van der Waals surface area contributed by atoms with Crippen molar-refractivity contribution in [3.63, 3.8) is 0 Å². The summed E-state index contributed by atoms with van der Waals surface area (Å²) >= 11 is 0. The number of aromatic nitrogens is 2. The highest BCUT2D eigenvalue weighted by Crippen LogP contribution is 2.22. The molecule has 0 bridgehead atoms. The number of amides is 1. The maximum Gasteiger partial charge on any atom is 0.224 e. The van der Waals surface area contributed by atoms with E-state index in [1.807, 2.05) is 25.5 Å². The van der Waals surface area contributed by atoms with Crippen LogP contribution in [0.4, 0.5) is 0 Å². The van der Waals surface area contributed by atoms with Gasteiger partial charge in [-0.1, -0.05) is 0 Å². The number of carbonyl (C=O) groups is 1. The Morgan fingerprint density at radius 1 is 1.40 bits per heavy atom. The summed E-state index contributed by atoms with van der Waals surface area (Å²) in [4.78, 5) is 13.5. The first-order chi connectivity index (χ1) is 9.24. The molecule has 20 heavy (non-hydrogen) atoms. The smallest absolute Gasteiger partial charge is 0.224 e. The number of hydrogen-bond acceptors (Lipinski definition) is 4. The van der Waals surface area contributed by atoms with E-state index in [1.54, 1.807) is 4.90 Å². The van der Waals surface area contributed by atoms with Crippen molar-refractivity contribution in [2.24, 2.45) is 5.14 Å². The van der Waals surface area contributed by atoms with E-state index in [4.69, 9.17) is 5.14 Å². The Morgan fingerprint density at radius 2 is 2.05 bits per heavy atom. The van der Waals surface area contributed by atoms with Gasteiger partial charge in [-0.15, -0.1) is 0 Å². The third kappa shape index (κ3) is 2.71. The topological polar surface area (TPSA) is 98.3 Å². The van der Waals surface area contributed by atoms with Crippen molar-refractivity contribution in [1.29, 1.82) is 0 Å². The van der Waals surface area contributed by atoms with E-state index in [0.29, 0.717) is 6.54 Å². The molecule has 2 N–H and O–H groups in total. The van der Waals surface area contributed by atoms with Crippen LogP contribution in [0.25, 0.3) is 0 Å². The lowest BCUT2D eigenvalue weighted by Crippen LogP contribution is -2.32. The monoisotopic (exact) mass is 300 g/mol. The third-order valence-electron chi connectivity index (χ3n) is 3.82. The van der Waals surface area contributed by atoms with Gasteiger partial charge in [-0.3, -0.25) is 9.48 Å². The molecule has 1 aliphatic rings. The minimum absolute atomic E-state index is 0.0289. The fourth-order valence-electron chi connectivity index (χ4n) is 2.57. The number of likely N-dealkylation sites (tertiary alicyclic amines) is 1. The van der Waals surface area contributed by atoms with Crippen LogP contribution in [-0.4, -0.2) is 40.8 Å². The summed E-state index contributed by atoms with van der Waals surface area (Å²) in [6.45, 7) is 7.17. The minimum atomic E-state index is -3.66. The van der Waals surface area contributed by atoms with Crippen molar-refractivity contribution < 1.29 is 13.2 Å². The van der Waals surface area contributed by atoms with Crippen LogP contribution in [0.15, 0.2) is 0 Å². The lowest BCUT2D eigenvalue weighted by atomic mass is 10.2. The molecule has 2 heterocycles. The molecule has 1 aromatic rings. The van der Waals surface area contributed by atoms with Gasteiger partial charge in [0.15, 0.2) is 0 Å². The first-order valence-corrected chi connectivity index (χ1v) is 8.17. The van der Waals surface area contributed by atoms with Crippen LogP contribution in [0, 0.1) is 13.8 Å². The molecule has 1 atom stereocenters. The second kappa shape index (κ2) is 5.17. The molecular formula is C12H20N4O3S. The number of aryl methyl sites for hydroxylation is 2. The second-order valence-electron chi connectivity index (χ2n) is 5.15. The van der Waals surface area contributed by atoms with Gasteiger partial charge in [0.1, 0.15) is 5.25 Å². The zero-order valence-electron chi connectivity index (χ0n) is 12.0. The van der Waals surface area contributed by atoms with Crippen LogP contribution in [0.2, 0.25) is 0 Å². The molecule has 112 valence electrons. The minimum Gasteiger partial charge on any atom is -0.337 e. The van der Waals surface area contributed by atoms with E-state index < -0.39 is 15.3 Å². The van der Waals surface area contributed by atoms with Crippen molar-refractivity contribution in [3.8, 4) is 0 Å². The summed E-state index contributed by atoms with van der Waals surface area (Å²) in [7, 11) is -3.66. The predicted molar refractivity (Wildman–Crippen MR) is 74.3 cm³/mol. The molecule has 0 spiro atoms. The predicted octanol–water partition coefficient (Wildman–Crippen LogP) is -0.0908. The highest BCUT2D eigenvalue weighted by atomic mass is 32.2. The zero-order valence-corrected chi connectivity index (χ0v) is 12.8. The molecule has 0 radical (unpaired) electrons. The average Bonchev–Trinajstić information content (AvgIpc) is 2.84. The largest absolute Gasteiger partial charge is 0.337 e. The van der Waals surface area contributed by atoms with Crippen LogP contribution in [0.1, 0.15) is 30.3 Å². The van der Waals surface area contributed by atoms with Gasteiger partial charge in [-0.05, 0) is 20.8 Å². The Labute approximate surface area is 118 Å². The molecule has 1 aromatic heterocycles. The first kappa shape index (κ1) is 15.0. The van der Waals surface area contributed by atoms with Gasteiger partial charge in [0.25, 0.3) is 0 Å². The summed E-state index contributed by atoms with van der Waals surface area (Å²) in [6, 6.07) is 0.